The summed E-state index contributed by atoms with van der Waals surface area (Å²) in [6.45, 7) is 2.12. The Morgan fingerprint density at radius 3 is 1.36 bits per heavy atom. The molecule has 0 aliphatic carbocycles. The summed E-state index contributed by atoms with van der Waals surface area (Å²) in [5, 5.41) is 18.4. The number of rotatable bonds is 41. The molecule has 11 heteroatoms. The summed E-state index contributed by atoms with van der Waals surface area (Å²) >= 11 is 0. The van der Waals surface area contributed by atoms with Gasteiger partial charge in [-0.25, -0.2) is 4.57 Å². The second-order valence-corrected chi connectivity index (χ2v) is 16.1. The average molecular weight is 873 g/mol. The zero-order valence-corrected chi connectivity index (χ0v) is 38.5. The van der Waals surface area contributed by atoms with Crippen LogP contribution in [0.5, 0.6) is 0 Å². The summed E-state index contributed by atoms with van der Waals surface area (Å²) in [5.74, 6) is -1.07. The molecule has 0 aromatic carbocycles. The van der Waals surface area contributed by atoms with Gasteiger partial charge in [-0.3, -0.25) is 18.6 Å². The van der Waals surface area contributed by atoms with E-state index >= 15 is 0 Å². The molecule has 3 atom stereocenters. The Kier molecular flexibility index (Phi) is 42.2. The highest BCUT2D eigenvalue weighted by molar-refractivity contribution is 7.47. The van der Waals surface area contributed by atoms with Crippen molar-refractivity contribution >= 4 is 19.8 Å². The van der Waals surface area contributed by atoms with Crippen LogP contribution in [-0.2, 0) is 32.7 Å². The maximum absolute atomic E-state index is 12.6. The molecule has 3 N–H and O–H groups in total. The second kappa shape index (κ2) is 44.7. The van der Waals surface area contributed by atoms with Gasteiger partial charge in [-0.05, 0) is 89.9 Å². The lowest BCUT2D eigenvalue weighted by Gasteiger charge is -2.20. The molecule has 0 saturated heterocycles. The lowest BCUT2D eigenvalue weighted by Crippen LogP contribution is -2.29. The van der Waals surface area contributed by atoms with Crippen LogP contribution in [0.2, 0.25) is 0 Å². The van der Waals surface area contributed by atoms with E-state index in [-0.39, 0.29) is 19.4 Å². The van der Waals surface area contributed by atoms with Gasteiger partial charge in [0.15, 0.2) is 6.10 Å². The minimum absolute atomic E-state index is 0.0894. The van der Waals surface area contributed by atoms with Crippen molar-refractivity contribution < 1.29 is 47.8 Å². The van der Waals surface area contributed by atoms with Crippen molar-refractivity contribution in [2.45, 2.75) is 167 Å². The minimum atomic E-state index is -4.66. The molecule has 0 fully saturated rings. The van der Waals surface area contributed by atoms with E-state index in [4.69, 9.17) is 19.1 Å². The third kappa shape index (κ3) is 44.5. The summed E-state index contributed by atoms with van der Waals surface area (Å²) in [7, 11) is -4.66. The van der Waals surface area contributed by atoms with Gasteiger partial charge in [0.05, 0.1) is 19.8 Å². The van der Waals surface area contributed by atoms with E-state index < -0.39 is 51.8 Å². The highest BCUT2D eigenvalue weighted by Gasteiger charge is 2.27. The molecule has 346 valence electrons. The molecule has 0 aliphatic heterocycles. The molecule has 0 bridgehead atoms. The van der Waals surface area contributed by atoms with Crippen molar-refractivity contribution in [2.24, 2.45) is 0 Å². The molecule has 0 aromatic rings. The predicted molar refractivity (Wildman–Crippen MR) is 251 cm³/mol. The Morgan fingerprint density at radius 2 is 0.902 bits per heavy atom. The summed E-state index contributed by atoms with van der Waals surface area (Å²) < 4.78 is 32.6. The SMILES string of the molecule is CC/C=C/C/C=C/C/C=C/C/C=C/C/C=C/CCCC(=O)OC[C@H](COP(=O)(O)OC[C@@H](O)CO)OC(=O)CCC/C=C/C/C=C/C/C=C/C/C=C/CCCCCCCCC. The second-order valence-electron chi connectivity index (χ2n) is 14.7. The normalized spacial score (nSPS) is 14.8. The molecule has 0 radical (unpaired) electrons. The predicted octanol–water partition coefficient (Wildman–Crippen LogP) is 12.6. The summed E-state index contributed by atoms with van der Waals surface area (Å²) in [4.78, 5) is 35.0. The van der Waals surface area contributed by atoms with E-state index in [2.05, 4.69) is 103 Å². The van der Waals surface area contributed by atoms with Crippen molar-refractivity contribution in [1.82, 2.24) is 0 Å². The Bertz CT molecular complexity index is 1370. The van der Waals surface area contributed by atoms with Gasteiger partial charge in [0, 0.05) is 12.8 Å². The van der Waals surface area contributed by atoms with Gasteiger partial charge in [-0.2, -0.15) is 0 Å². The number of allylic oxidation sites excluding steroid dienone is 18. The number of carbonyl (C=O) groups excluding carboxylic acids is 2. The molecule has 10 nitrogen and oxygen atoms in total. The monoisotopic (exact) mass is 873 g/mol. The number of esters is 2. The first-order chi connectivity index (χ1) is 29.7. The number of aliphatic hydroxyl groups is 2. The summed E-state index contributed by atoms with van der Waals surface area (Å²) in [5.41, 5.74) is 0. The standard InChI is InChI=1S/C50H81O10P/c1-3-5-7-9-11-13-15-17-19-21-22-23-24-26-28-30-32-34-36-38-40-42-50(54)60-48(46-59-61(55,56)58-44-47(52)43-51)45-57-49(53)41-39-37-35-33-31-29-27-25-20-18-16-14-12-10-8-6-4-2/h6,8,12,14,18-21,23-24,27-30,33-36,47-48,51-52H,3-5,7,9-11,13,15-17,22,25-26,31-32,37-46H2,1-2H3,(H,55,56)/b8-6+,14-12+,20-18+,21-19+,24-23+,29-27+,30-28+,35-33+,36-34+/t47-,48+/m0/s1. The number of hydrogen-bond donors (Lipinski definition) is 3. The smallest absolute Gasteiger partial charge is 0.462 e. The maximum atomic E-state index is 12.6. The first kappa shape index (κ1) is 57.6. The van der Waals surface area contributed by atoms with E-state index in [0.29, 0.717) is 25.7 Å². The van der Waals surface area contributed by atoms with Crippen LogP contribution in [0.15, 0.2) is 109 Å². The van der Waals surface area contributed by atoms with E-state index in [0.717, 1.165) is 51.4 Å². The van der Waals surface area contributed by atoms with Crippen LogP contribution in [0.3, 0.4) is 0 Å². The van der Waals surface area contributed by atoms with Crippen LogP contribution in [0.4, 0.5) is 0 Å². The number of phosphoric ester groups is 1. The number of unbranched alkanes of at least 4 members (excludes halogenated alkanes) is 9. The van der Waals surface area contributed by atoms with Crippen LogP contribution in [-0.4, -0.2) is 65.7 Å². The molecule has 0 aromatic heterocycles. The Labute approximate surface area is 369 Å². The maximum Gasteiger partial charge on any atom is 0.472 e. The molecule has 0 spiro atoms. The molecule has 1 unspecified atom stereocenters. The molecule has 61 heavy (non-hydrogen) atoms. The van der Waals surface area contributed by atoms with Crippen molar-refractivity contribution in [3.05, 3.63) is 109 Å². The molecule has 0 aliphatic rings. The highest BCUT2D eigenvalue weighted by atomic mass is 31.2. The molecule has 0 amide bonds. The number of aliphatic hydroxyl groups excluding tert-OH is 2. The van der Waals surface area contributed by atoms with Crippen LogP contribution >= 0.6 is 7.82 Å². The highest BCUT2D eigenvalue weighted by Crippen LogP contribution is 2.43. The van der Waals surface area contributed by atoms with E-state index in [1.807, 2.05) is 24.3 Å². The van der Waals surface area contributed by atoms with Crippen molar-refractivity contribution in [3.8, 4) is 0 Å². The number of carbonyl (C=O) groups is 2. The Balaban J connectivity index is 4.48. The summed E-state index contributed by atoms with van der Waals surface area (Å²) in [6.07, 6.45) is 56.4. The third-order valence-corrected chi connectivity index (χ3v) is 9.86. The van der Waals surface area contributed by atoms with Crippen molar-refractivity contribution in [3.63, 3.8) is 0 Å². The minimum Gasteiger partial charge on any atom is -0.462 e. The zero-order valence-electron chi connectivity index (χ0n) is 37.6. The average Bonchev–Trinajstić information content (AvgIpc) is 3.25. The number of phosphoric acid groups is 1. The fraction of sp³-hybridized carbons (Fsp3) is 0.600. The van der Waals surface area contributed by atoms with Crippen molar-refractivity contribution in [2.75, 3.05) is 26.4 Å². The quantitative estimate of drug-likeness (QED) is 0.0235. The molecule has 0 saturated carbocycles. The largest absolute Gasteiger partial charge is 0.472 e. The lowest BCUT2D eigenvalue weighted by atomic mass is 10.1. The van der Waals surface area contributed by atoms with Gasteiger partial charge in [0.25, 0.3) is 0 Å². The van der Waals surface area contributed by atoms with Crippen LogP contribution in [0, 0.1) is 0 Å². The van der Waals surface area contributed by atoms with E-state index in [1.54, 1.807) is 0 Å². The van der Waals surface area contributed by atoms with Crippen LogP contribution in [0.1, 0.15) is 155 Å². The number of hydrogen-bond acceptors (Lipinski definition) is 9. The lowest BCUT2D eigenvalue weighted by molar-refractivity contribution is -0.161. The first-order valence-corrected chi connectivity index (χ1v) is 24.3. The van der Waals surface area contributed by atoms with Gasteiger partial charge in [-0.1, -0.05) is 162 Å². The number of ether oxygens (including phenoxy) is 2. The third-order valence-electron chi connectivity index (χ3n) is 8.91. The van der Waals surface area contributed by atoms with Gasteiger partial charge < -0.3 is 24.6 Å². The fourth-order valence-electron chi connectivity index (χ4n) is 5.43. The van der Waals surface area contributed by atoms with Gasteiger partial charge in [0.2, 0.25) is 0 Å². The first-order valence-electron chi connectivity index (χ1n) is 22.8. The molecule has 0 heterocycles. The van der Waals surface area contributed by atoms with Gasteiger partial charge in [0.1, 0.15) is 12.7 Å². The van der Waals surface area contributed by atoms with E-state index in [9.17, 15) is 24.2 Å². The Morgan fingerprint density at radius 1 is 0.508 bits per heavy atom. The van der Waals surface area contributed by atoms with E-state index in [1.165, 1.54) is 51.4 Å². The molecular formula is C50H81O10P. The Hall–Kier alpha value is -3.37. The zero-order chi connectivity index (χ0) is 44.8. The fourth-order valence-corrected chi connectivity index (χ4v) is 6.22. The van der Waals surface area contributed by atoms with Crippen LogP contribution in [0.25, 0.3) is 0 Å². The van der Waals surface area contributed by atoms with Gasteiger partial charge >= 0.3 is 19.8 Å². The van der Waals surface area contributed by atoms with Crippen molar-refractivity contribution in [1.29, 1.82) is 0 Å². The molecular weight excluding hydrogens is 792 g/mol. The summed E-state index contributed by atoms with van der Waals surface area (Å²) in [6, 6.07) is 0. The van der Waals surface area contributed by atoms with Crippen LogP contribution < -0.4 is 0 Å². The molecule has 0 rings (SSSR count). The topological polar surface area (TPSA) is 149 Å². The van der Waals surface area contributed by atoms with Gasteiger partial charge in [-0.15, -0.1) is 0 Å².